The van der Waals surface area contributed by atoms with E-state index in [4.69, 9.17) is 18.9 Å². The molecule has 8 unspecified atom stereocenters. The number of esters is 1. The van der Waals surface area contributed by atoms with Crippen LogP contribution >= 0.6 is 0 Å². The van der Waals surface area contributed by atoms with Gasteiger partial charge in [0.05, 0.1) is 42.7 Å². The molecule has 2 aliphatic heterocycles. The van der Waals surface area contributed by atoms with Crippen LogP contribution in [0.25, 0.3) is 0 Å². The standard InChI is InChI=1S/C23H38O13/c1-8(24)33-7-17-19(30)20(31)21(32)23(36-17)35-16-6-11-12(26)4-10(25)5-15(11)34-22(16)9-2-13(27)18(29)14(28)3-9/h9-23,25-32H,2-7H2,1H3/t9?,10?,11?,12?,13?,14?,15?,16?,17-,18?,19-,20-,21-,22?,23-/m1/s1. The molecule has 0 aromatic rings. The Labute approximate surface area is 208 Å². The van der Waals surface area contributed by atoms with Gasteiger partial charge in [-0.25, -0.2) is 0 Å². The molecule has 2 saturated heterocycles. The Hall–Kier alpha value is -0.970. The van der Waals surface area contributed by atoms with Gasteiger partial charge in [0.1, 0.15) is 37.1 Å². The molecule has 0 amide bonds. The molecule has 4 aliphatic rings. The Balaban J connectivity index is 1.54. The summed E-state index contributed by atoms with van der Waals surface area (Å²) in [6.07, 6.45) is -14.1. The highest BCUT2D eigenvalue weighted by atomic mass is 16.7. The maximum absolute atomic E-state index is 11.2. The molecule has 4 rings (SSSR count). The summed E-state index contributed by atoms with van der Waals surface area (Å²) < 4.78 is 22.9. The highest BCUT2D eigenvalue weighted by molar-refractivity contribution is 5.65. The second-order valence-electron chi connectivity index (χ2n) is 10.6. The Morgan fingerprint density at radius 1 is 0.778 bits per heavy atom. The maximum Gasteiger partial charge on any atom is 0.302 e. The number of aliphatic hydroxyl groups is 8. The van der Waals surface area contributed by atoms with Gasteiger partial charge >= 0.3 is 5.97 Å². The summed E-state index contributed by atoms with van der Waals surface area (Å²) in [4.78, 5) is 11.2. The lowest BCUT2D eigenvalue weighted by Crippen LogP contribution is -2.62. The van der Waals surface area contributed by atoms with E-state index in [0.29, 0.717) is 0 Å². The molecule has 13 nitrogen and oxygen atoms in total. The second-order valence-corrected chi connectivity index (χ2v) is 10.6. The largest absolute Gasteiger partial charge is 0.463 e. The molecule has 4 fully saturated rings. The Bertz CT molecular complexity index is 742. The number of hydrogen-bond donors (Lipinski definition) is 8. The van der Waals surface area contributed by atoms with Gasteiger partial charge in [-0.1, -0.05) is 0 Å². The first-order valence-electron chi connectivity index (χ1n) is 12.5. The van der Waals surface area contributed by atoms with Crippen molar-refractivity contribution in [2.24, 2.45) is 11.8 Å². The first-order valence-corrected chi connectivity index (χ1v) is 12.5. The molecular weight excluding hydrogens is 484 g/mol. The monoisotopic (exact) mass is 522 g/mol. The van der Waals surface area contributed by atoms with Gasteiger partial charge in [-0.05, 0) is 38.0 Å². The minimum atomic E-state index is -1.66. The number of rotatable bonds is 5. The minimum absolute atomic E-state index is 0.0930. The average Bonchev–Trinajstić information content (AvgIpc) is 2.81. The molecule has 0 bridgehead atoms. The average molecular weight is 523 g/mol. The van der Waals surface area contributed by atoms with Crippen LogP contribution in [0.5, 0.6) is 0 Å². The van der Waals surface area contributed by atoms with Crippen LogP contribution in [0.3, 0.4) is 0 Å². The van der Waals surface area contributed by atoms with E-state index in [1.54, 1.807) is 0 Å². The zero-order chi connectivity index (χ0) is 26.3. The fraction of sp³-hybridized carbons (Fsp3) is 0.957. The van der Waals surface area contributed by atoms with Gasteiger partial charge < -0.3 is 59.8 Å². The summed E-state index contributed by atoms with van der Waals surface area (Å²) in [6.45, 7) is 0.788. The molecule has 0 aromatic heterocycles. The van der Waals surface area contributed by atoms with Crippen molar-refractivity contribution in [2.45, 2.75) is 119 Å². The molecule has 0 radical (unpaired) electrons. The quantitative estimate of drug-likeness (QED) is 0.165. The number of ether oxygens (including phenoxy) is 4. The van der Waals surface area contributed by atoms with Crippen LogP contribution in [0.4, 0.5) is 0 Å². The van der Waals surface area contributed by atoms with Crippen molar-refractivity contribution < 1.29 is 64.6 Å². The lowest BCUT2D eigenvalue weighted by molar-refractivity contribution is -0.334. The van der Waals surface area contributed by atoms with E-state index in [9.17, 15) is 45.6 Å². The van der Waals surface area contributed by atoms with Crippen LogP contribution in [-0.2, 0) is 23.7 Å². The van der Waals surface area contributed by atoms with Gasteiger partial charge in [0.2, 0.25) is 0 Å². The van der Waals surface area contributed by atoms with E-state index in [-0.39, 0.29) is 38.7 Å². The molecule has 2 aliphatic carbocycles. The number of carbonyl (C=O) groups is 1. The fourth-order valence-corrected chi connectivity index (χ4v) is 6.00. The van der Waals surface area contributed by atoms with Gasteiger partial charge in [-0.2, -0.15) is 0 Å². The third-order valence-electron chi connectivity index (χ3n) is 7.96. The van der Waals surface area contributed by atoms with E-state index >= 15 is 0 Å². The molecule has 13 atom stereocenters. The summed E-state index contributed by atoms with van der Waals surface area (Å²) in [7, 11) is 0. The van der Waals surface area contributed by atoms with Crippen molar-refractivity contribution in [3.8, 4) is 0 Å². The minimum Gasteiger partial charge on any atom is -0.463 e. The van der Waals surface area contributed by atoms with Crippen LogP contribution in [0.15, 0.2) is 0 Å². The predicted molar refractivity (Wildman–Crippen MR) is 117 cm³/mol. The lowest BCUT2D eigenvalue weighted by Gasteiger charge is -2.51. The molecule has 208 valence electrons. The molecule has 13 heteroatoms. The Morgan fingerprint density at radius 3 is 2.08 bits per heavy atom. The molecule has 8 N–H and O–H groups in total. The van der Waals surface area contributed by atoms with Crippen molar-refractivity contribution in [2.75, 3.05) is 6.61 Å². The van der Waals surface area contributed by atoms with Gasteiger partial charge in [0.25, 0.3) is 0 Å². The van der Waals surface area contributed by atoms with Gasteiger partial charge in [0.15, 0.2) is 6.29 Å². The summed E-state index contributed by atoms with van der Waals surface area (Å²) in [5, 5.41) is 82.4. The topological polar surface area (TPSA) is 216 Å². The first kappa shape index (κ1) is 28.0. The second kappa shape index (κ2) is 11.4. The fourth-order valence-electron chi connectivity index (χ4n) is 6.00. The summed E-state index contributed by atoms with van der Waals surface area (Å²) in [5.74, 6) is -1.51. The Morgan fingerprint density at radius 2 is 1.44 bits per heavy atom. The van der Waals surface area contributed by atoms with E-state index in [2.05, 4.69) is 0 Å². The molecule has 2 heterocycles. The highest BCUT2D eigenvalue weighted by Gasteiger charge is 2.52. The molecule has 2 saturated carbocycles. The van der Waals surface area contributed by atoms with Crippen LogP contribution in [0.2, 0.25) is 0 Å². The van der Waals surface area contributed by atoms with E-state index in [1.807, 2.05) is 0 Å². The lowest BCUT2D eigenvalue weighted by atomic mass is 9.72. The van der Waals surface area contributed by atoms with Gasteiger partial charge in [-0.15, -0.1) is 0 Å². The van der Waals surface area contributed by atoms with Crippen molar-refractivity contribution in [3.05, 3.63) is 0 Å². The first-order chi connectivity index (χ1) is 17.0. The van der Waals surface area contributed by atoms with Crippen LogP contribution in [-0.4, -0.2) is 133 Å². The van der Waals surface area contributed by atoms with Crippen molar-refractivity contribution in [1.82, 2.24) is 0 Å². The van der Waals surface area contributed by atoms with Crippen molar-refractivity contribution >= 4 is 5.97 Å². The SMILES string of the molecule is CC(=O)OC[C@H]1O[C@@H](OC2CC3C(O)CC(O)CC3OC2C2CC(O)C(O)C(O)C2)[C@H](O)[C@H](O)[C@@H]1O. The van der Waals surface area contributed by atoms with Gasteiger partial charge in [0, 0.05) is 12.8 Å². The highest BCUT2D eigenvalue weighted by Crippen LogP contribution is 2.43. The van der Waals surface area contributed by atoms with Crippen LogP contribution < -0.4 is 0 Å². The van der Waals surface area contributed by atoms with E-state index < -0.39 is 97.3 Å². The number of hydrogen-bond acceptors (Lipinski definition) is 13. The third-order valence-corrected chi connectivity index (χ3v) is 7.96. The number of fused-ring (bicyclic) bond motifs is 1. The zero-order valence-corrected chi connectivity index (χ0v) is 20.0. The van der Waals surface area contributed by atoms with E-state index in [0.717, 1.165) is 0 Å². The smallest absolute Gasteiger partial charge is 0.302 e. The number of aliphatic hydroxyl groups excluding tert-OH is 8. The summed E-state index contributed by atoms with van der Waals surface area (Å²) in [5.41, 5.74) is 0. The summed E-state index contributed by atoms with van der Waals surface area (Å²) >= 11 is 0. The predicted octanol–water partition coefficient (Wildman–Crippen LogP) is -3.48. The van der Waals surface area contributed by atoms with Crippen molar-refractivity contribution in [3.63, 3.8) is 0 Å². The maximum atomic E-state index is 11.2. The number of carbonyl (C=O) groups excluding carboxylic acids is 1. The van der Waals surface area contributed by atoms with E-state index in [1.165, 1.54) is 6.92 Å². The van der Waals surface area contributed by atoms with Gasteiger partial charge in [-0.3, -0.25) is 4.79 Å². The van der Waals surface area contributed by atoms with Crippen molar-refractivity contribution in [1.29, 1.82) is 0 Å². The normalized spacial score (nSPS) is 51.9. The molecule has 0 aromatic carbocycles. The summed E-state index contributed by atoms with van der Waals surface area (Å²) in [6, 6.07) is 0. The zero-order valence-electron chi connectivity index (χ0n) is 20.0. The molecule has 36 heavy (non-hydrogen) atoms. The molecule has 0 spiro atoms. The third kappa shape index (κ3) is 5.86. The van der Waals surface area contributed by atoms with Crippen LogP contribution in [0.1, 0.15) is 39.0 Å². The molecular formula is C23H38O13. The Kier molecular flexibility index (Phi) is 8.89. The van der Waals surface area contributed by atoms with Crippen LogP contribution in [0, 0.1) is 11.8 Å².